The van der Waals surface area contributed by atoms with Crippen molar-refractivity contribution in [1.29, 1.82) is 0 Å². The smallest absolute Gasteiger partial charge is 0.0110 e. The van der Waals surface area contributed by atoms with Crippen LogP contribution >= 0.6 is 0 Å². The van der Waals surface area contributed by atoms with E-state index >= 15 is 0 Å². The molecule has 0 aromatic heterocycles. The van der Waals surface area contributed by atoms with Crippen molar-refractivity contribution >= 4 is 0 Å². The minimum absolute atomic E-state index is 0.689. The molecular weight excluding hydrogens is 146 g/mol. The van der Waals surface area contributed by atoms with Gasteiger partial charge in [-0.2, -0.15) is 0 Å². The summed E-state index contributed by atoms with van der Waals surface area (Å²) in [5.74, 6) is 1.40. The zero-order valence-electron chi connectivity index (χ0n) is 8.52. The first-order chi connectivity index (χ1) is 5.65. The highest BCUT2D eigenvalue weighted by Crippen LogP contribution is 2.28. The van der Waals surface area contributed by atoms with E-state index in [1.807, 2.05) is 7.05 Å². The van der Waals surface area contributed by atoms with E-state index in [9.17, 15) is 0 Å². The third kappa shape index (κ3) is 1.90. The Morgan fingerprint density at radius 3 is 2.50 bits per heavy atom. The summed E-state index contributed by atoms with van der Waals surface area (Å²) >= 11 is 0. The molecule has 0 bridgehead atoms. The lowest BCUT2D eigenvalue weighted by molar-refractivity contribution is 0.557. The van der Waals surface area contributed by atoms with Crippen LogP contribution in [0.25, 0.3) is 0 Å². The van der Waals surface area contributed by atoms with Crippen LogP contribution in [0.5, 0.6) is 0 Å². The molecule has 0 aliphatic heterocycles. The van der Waals surface area contributed by atoms with Crippen LogP contribution in [0.4, 0.5) is 0 Å². The van der Waals surface area contributed by atoms with E-state index in [4.69, 9.17) is 0 Å². The van der Waals surface area contributed by atoms with Gasteiger partial charge in [-0.3, -0.25) is 0 Å². The highest BCUT2D eigenvalue weighted by atomic mass is 14.8. The van der Waals surface area contributed by atoms with Crippen molar-refractivity contribution in [2.24, 2.45) is 11.8 Å². The zero-order chi connectivity index (χ0) is 9.14. The topological polar surface area (TPSA) is 12.0 Å². The molecule has 1 N–H and O–H groups in total. The van der Waals surface area contributed by atoms with Crippen molar-refractivity contribution in [1.82, 2.24) is 5.32 Å². The molecule has 0 amide bonds. The standard InChI is InChI=1S/C11H19N/c1-8(2)11-6-5-10(12-4)7-9(11)3/h5-6,8-9,12H,7H2,1-4H3. The molecule has 12 heavy (non-hydrogen) atoms. The summed E-state index contributed by atoms with van der Waals surface area (Å²) < 4.78 is 0. The first-order valence-corrected chi connectivity index (χ1v) is 4.73. The van der Waals surface area contributed by atoms with Crippen molar-refractivity contribution in [3.63, 3.8) is 0 Å². The number of allylic oxidation sites excluding steroid dienone is 4. The normalized spacial score (nSPS) is 23.6. The molecule has 0 aromatic rings. The van der Waals surface area contributed by atoms with Crippen molar-refractivity contribution in [3.8, 4) is 0 Å². The molecule has 1 aliphatic rings. The van der Waals surface area contributed by atoms with Gasteiger partial charge in [-0.1, -0.05) is 32.4 Å². The van der Waals surface area contributed by atoms with Gasteiger partial charge in [-0.05, 0) is 24.3 Å². The highest BCUT2D eigenvalue weighted by Gasteiger charge is 2.16. The summed E-state index contributed by atoms with van der Waals surface area (Å²) in [6, 6.07) is 0. The van der Waals surface area contributed by atoms with Gasteiger partial charge in [0, 0.05) is 12.7 Å². The average molecular weight is 165 g/mol. The second-order valence-electron chi connectivity index (χ2n) is 3.87. The van der Waals surface area contributed by atoms with Crippen LogP contribution in [0, 0.1) is 11.8 Å². The Hall–Kier alpha value is -0.720. The molecule has 0 heterocycles. The molecule has 68 valence electrons. The van der Waals surface area contributed by atoms with Crippen molar-refractivity contribution in [2.75, 3.05) is 7.05 Å². The summed E-state index contributed by atoms with van der Waals surface area (Å²) in [6.07, 6.45) is 5.64. The van der Waals surface area contributed by atoms with Gasteiger partial charge in [0.2, 0.25) is 0 Å². The summed E-state index contributed by atoms with van der Waals surface area (Å²) in [5.41, 5.74) is 2.93. The Balaban J connectivity index is 2.76. The Morgan fingerprint density at radius 2 is 2.08 bits per heavy atom. The van der Waals surface area contributed by atoms with Crippen LogP contribution in [0.15, 0.2) is 23.4 Å². The van der Waals surface area contributed by atoms with E-state index in [0.29, 0.717) is 11.8 Å². The van der Waals surface area contributed by atoms with Gasteiger partial charge in [0.1, 0.15) is 0 Å². The monoisotopic (exact) mass is 165 g/mol. The van der Waals surface area contributed by atoms with E-state index in [-0.39, 0.29) is 0 Å². The van der Waals surface area contributed by atoms with Crippen LogP contribution in [0.1, 0.15) is 27.2 Å². The SMILES string of the molecule is CNC1=CC=C(C(C)C)C(C)C1. The zero-order valence-corrected chi connectivity index (χ0v) is 8.52. The van der Waals surface area contributed by atoms with Gasteiger partial charge in [-0.25, -0.2) is 0 Å². The summed E-state index contributed by atoms with van der Waals surface area (Å²) in [4.78, 5) is 0. The second kappa shape index (κ2) is 3.79. The molecule has 1 rings (SSSR count). The fraction of sp³-hybridized carbons (Fsp3) is 0.636. The number of rotatable bonds is 2. The number of nitrogens with one attached hydrogen (secondary N) is 1. The quantitative estimate of drug-likeness (QED) is 0.663. The molecule has 0 saturated heterocycles. The molecule has 1 aliphatic carbocycles. The Morgan fingerprint density at radius 1 is 1.42 bits per heavy atom. The van der Waals surface area contributed by atoms with Gasteiger partial charge in [0.25, 0.3) is 0 Å². The van der Waals surface area contributed by atoms with Crippen molar-refractivity contribution in [3.05, 3.63) is 23.4 Å². The third-order valence-electron chi connectivity index (χ3n) is 2.56. The Bertz CT molecular complexity index is 211. The van der Waals surface area contributed by atoms with Crippen molar-refractivity contribution < 1.29 is 0 Å². The maximum Gasteiger partial charge on any atom is 0.0110 e. The fourth-order valence-corrected chi connectivity index (χ4v) is 1.82. The fourth-order valence-electron chi connectivity index (χ4n) is 1.82. The van der Waals surface area contributed by atoms with Gasteiger partial charge in [-0.15, -0.1) is 0 Å². The molecule has 0 saturated carbocycles. The lowest BCUT2D eigenvalue weighted by atomic mass is 9.85. The summed E-state index contributed by atoms with van der Waals surface area (Å²) in [6.45, 7) is 6.83. The van der Waals surface area contributed by atoms with Crippen LogP contribution in [-0.2, 0) is 0 Å². The van der Waals surface area contributed by atoms with Crippen LogP contribution < -0.4 is 5.32 Å². The number of hydrogen-bond donors (Lipinski definition) is 1. The molecule has 0 aromatic carbocycles. The first kappa shape index (κ1) is 9.37. The van der Waals surface area contributed by atoms with E-state index in [2.05, 4.69) is 38.2 Å². The van der Waals surface area contributed by atoms with E-state index < -0.39 is 0 Å². The minimum atomic E-state index is 0.689. The van der Waals surface area contributed by atoms with Gasteiger partial charge < -0.3 is 5.32 Å². The third-order valence-corrected chi connectivity index (χ3v) is 2.56. The molecule has 0 spiro atoms. The summed E-state index contributed by atoms with van der Waals surface area (Å²) in [5, 5.41) is 3.21. The first-order valence-electron chi connectivity index (χ1n) is 4.73. The van der Waals surface area contributed by atoms with Gasteiger partial charge in [0.15, 0.2) is 0 Å². The van der Waals surface area contributed by atoms with Gasteiger partial charge in [0.05, 0.1) is 0 Å². The second-order valence-corrected chi connectivity index (χ2v) is 3.87. The van der Waals surface area contributed by atoms with E-state index in [0.717, 1.165) is 0 Å². The molecular formula is C11H19N. The van der Waals surface area contributed by atoms with Gasteiger partial charge >= 0.3 is 0 Å². The van der Waals surface area contributed by atoms with E-state index in [1.54, 1.807) is 5.57 Å². The number of hydrogen-bond acceptors (Lipinski definition) is 1. The van der Waals surface area contributed by atoms with Crippen LogP contribution in [0.2, 0.25) is 0 Å². The minimum Gasteiger partial charge on any atom is -0.391 e. The Kier molecular flexibility index (Phi) is 2.96. The lowest BCUT2D eigenvalue weighted by Gasteiger charge is -2.24. The molecule has 1 heteroatoms. The Labute approximate surface area is 75.6 Å². The van der Waals surface area contributed by atoms with E-state index in [1.165, 1.54) is 12.1 Å². The largest absolute Gasteiger partial charge is 0.391 e. The highest BCUT2D eigenvalue weighted by molar-refractivity contribution is 5.26. The predicted molar refractivity (Wildman–Crippen MR) is 53.8 cm³/mol. The van der Waals surface area contributed by atoms with Crippen LogP contribution in [-0.4, -0.2) is 7.05 Å². The maximum atomic E-state index is 3.21. The molecule has 0 fully saturated rings. The van der Waals surface area contributed by atoms with Crippen LogP contribution in [0.3, 0.4) is 0 Å². The lowest BCUT2D eigenvalue weighted by Crippen LogP contribution is -2.16. The molecule has 1 unspecified atom stereocenters. The van der Waals surface area contributed by atoms with Crippen molar-refractivity contribution in [2.45, 2.75) is 27.2 Å². The average Bonchev–Trinajstić information content (AvgIpc) is 2.03. The summed E-state index contributed by atoms with van der Waals surface area (Å²) in [7, 11) is 1.99. The maximum absolute atomic E-state index is 3.21. The molecule has 1 atom stereocenters. The molecule has 0 radical (unpaired) electrons. The molecule has 1 nitrogen and oxygen atoms in total. The predicted octanol–water partition coefficient (Wildman–Crippen LogP) is 2.71.